The van der Waals surface area contributed by atoms with Gasteiger partial charge in [-0.25, -0.2) is 4.98 Å². The molecule has 0 saturated carbocycles. The van der Waals surface area contributed by atoms with Crippen LogP contribution in [0.15, 0.2) is 48.7 Å². The summed E-state index contributed by atoms with van der Waals surface area (Å²) in [5, 5.41) is 9.21. The number of benzene rings is 2. The number of ether oxygens (including phenoxy) is 3. The molecule has 2 heterocycles. The van der Waals surface area contributed by atoms with E-state index in [4.69, 9.17) is 14.2 Å². The van der Waals surface area contributed by atoms with E-state index in [-0.39, 0.29) is 11.9 Å². The highest BCUT2D eigenvalue weighted by molar-refractivity contribution is 6.00. The summed E-state index contributed by atoms with van der Waals surface area (Å²) >= 11 is 0. The van der Waals surface area contributed by atoms with Gasteiger partial charge in [-0.2, -0.15) is 5.26 Å². The molecule has 0 spiro atoms. The molecule has 1 aromatic heterocycles. The highest BCUT2D eigenvalue weighted by Crippen LogP contribution is 2.36. The zero-order valence-corrected chi connectivity index (χ0v) is 18.3. The Balaban J connectivity index is 1.58. The molecule has 0 bridgehead atoms. The van der Waals surface area contributed by atoms with E-state index in [1.165, 1.54) is 0 Å². The Labute approximate surface area is 187 Å². The first-order valence-corrected chi connectivity index (χ1v) is 10.6. The van der Waals surface area contributed by atoms with Crippen molar-refractivity contribution in [2.45, 2.75) is 39.7 Å². The Morgan fingerprint density at radius 2 is 2.00 bits per heavy atom. The van der Waals surface area contributed by atoms with Crippen LogP contribution >= 0.6 is 0 Å². The third-order valence-electron chi connectivity index (χ3n) is 5.20. The summed E-state index contributed by atoms with van der Waals surface area (Å²) in [6, 6.07) is 15.0. The number of Topliss-reactive ketones (excluding diaryl/α,β-unsaturated/α-hetero) is 1. The average molecular weight is 428 g/mol. The molecule has 1 aliphatic rings. The van der Waals surface area contributed by atoms with Crippen molar-refractivity contribution in [2.24, 2.45) is 0 Å². The molecular weight excluding hydrogens is 404 g/mol. The smallest absolute Gasteiger partial charge is 0.219 e. The fourth-order valence-corrected chi connectivity index (χ4v) is 3.65. The van der Waals surface area contributed by atoms with Gasteiger partial charge in [0.2, 0.25) is 5.88 Å². The molecule has 32 heavy (non-hydrogen) atoms. The number of rotatable bonds is 6. The van der Waals surface area contributed by atoms with Gasteiger partial charge >= 0.3 is 0 Å². The number of nitriles is 1. The van der Waals surface area contributed by atoms with Crippen molar-refractivity contribution in [2.75, 3.05) is 6.61 Å². The summed E-state index contributed by atoms with van der Waals surface area (Å²) < 4.78 is 17.7. The van der Waals surface area contributed by atoms with Crippen LogP contribution in [0, 0.1) is 18.3 Å². The van der Waals surface area contributed by atoms with Gasteiger partial charge in [-0.05, 0) is 62.2 Å². The zero-order valence-electron chi connectivity index (χ0n) is 18.3. The summed E-state index contributed by atoms with van der Waals surface area (Å²) in [6.07, 6.45) is 2.70. The number of carbonyl (C=O) groups is 1. The number of nitrogens with zero attached hydrogens (tertiary/aromatic N) is 2. The molecule has 0 radical (unpaired) electrons. The van der Waals surface area contributed by atoms with E-state index in [9.17, 15) is 10.1 Å². The van der Waals surface area contributed by atoms with Gasteiger partial charge in [-0.1, -0.05) is 6.07 Å². The van der Waals surface area contributed by atoms with Gasteiger partial charge in [0.25, 0.3) is 0 Å². The molecule has 0 fully saturated rings. The summed E-state index contributed by atoms with van der Waals surface area (Å²) in [6.45, 7) is 6.18. The number of aromatic nitrogens is 1. The lowest BCUT2D eigenvalue weighted by Gasteiger charge is -2.20. The van der Waals surface area contributed by atoms with Crippen molar-refractivity contribution in [3.63, 3.8) is 0 Å². The maximum Gasteiger partial charge on any atom is 0.219 e. The molecule has 162 valence electrons. The molecule has 0 amide bonds. The normalized spacial score (nSPS) is 12.7. The van der Waals surface area contributed by atoms with E-state index in [2.05, 4.69) is 11.1 Å². The van der Waals surface area contributed by atoms with Crippen LogP contribution in [-0.2, 0) is 6.42 Å². The van der Waals surface area contributed by atoms with E-state index >= 15 is 0 Å². The van der Waals surface area contributed by atoms with E-state index < -0.39 is 0 Å². The van der Waals surface area contributed by atoms with Crippen LogP contribution < -0.4 is 14.2 Å². The van der Waals surface area contributed by atoms with E-state index in [0.717, 1.165) is 16.7 Å². The first kappa shape index (κ1) is 21.4. The standard InChI is InChI=1S/C26H24N2O4/c1-16(2)31-24-13-19(15-27)4-5-20(24)12-18-8-10-28-25(14-18)32-23-7-6-21-22(29)9-11-30-26(21)17(23)3/h4-8,10,13-14,16H,9,11-12H2,1-3H3. The molecule has 2 aromatic carbocycles. The maximum atomic E-state index is 12.1. The Kier molecular flexibility index (Phi) is 6.09. The Morgan fingerprint density at radius 3 is 2.78 bits per heavy atom. The highest BCUT2D eigenvalue weighted by atomic mass is 16.5. The second-order valence-electron chi connectivity index (χ2n) is 7.97. The molecule has 3 aromatic rings. The van der Waals surface area contributed by atoms with Crippen LogP contribution in [0.1, 0.15) is 52.9 Å². The molecule has 0 atom stereocenters. The summed E-state index contributed by atoms with van der Waals surface area (Å²) in [4.78, 5) is 16.4. The Morgan fingerprint density at radius 1 is 1.16 bits per heavy atom. The van der Waals surface area contributed by atoms with Gasteiger partial charge in [-0.3, -0.25) is 4.79 Å². The largest absolute Gasteiger partial charge is 0.492 e. The predicted octanol–water partition coefficient (Wildman–Crippen LogP) is 5.40. The fourth-order valence-electron chi connectivity index (χ4n) is 3.65. The van der Waals surface area contributed by atoms with Crippen molar-refractivity contribution in [1.29, 1.82) is 5.26 Å². The van der Waals surface area contributed by atoms with Gasteiger partial charge < -0.3 is 14.2 Å². The maximum absolute atomic E-state index is 12.1. The van der Waals surface area contributed by atoms with Crippen LogP contribution in [0.5, 0.6) is 23.1 Å². The van der Waals surface area contributed by atoms with Gasteiger partial charge in [0, 0.05) is 30.7 Å². The van der Waals surface area contributed by atoms with Crippen LogP contribution in [0.4, 0.5) is 0 Å². The summed E-state index contributed by atoms with van der Waals surface area (Å²) in [7, 11) is 0. The minimum atomic E-state index is 0.000104. The molecule has 0 N–H and O–H groups in total. The fraction of sp³-hybridized carbons (Fsp3) is 0.269. The van der Waals surface area contributed by atoms with E-state index in [0.29, 0.717) is 53.7 Å². The number of carbonyl (C=O) groups excluding carboxylic acids is 1. The predicted molar refractivity (Wildman–Crippen MR) is 120 cm³/mol. The lowest BCUT2D eigenvalue weighted by molar-refractivity contribution is 0.0932. The van der Waals surface area contributed by atoms with Crippen molar-refractivity contribution >= 4 is 5.78 Å². The second kappa shape index (κ2) is 9.11. The van der Waals surface area contributed by atoms with Gasteiger partial charge in [0.1, 0.15) is 17.2 Å². The van der Waals surface area contributed by atoms with Crippen molar-refractivity contribution in [1.82, 2.24) is 4.98 Å². The molecule has 0 aliphatic carbocycles. The second-order valence-corrected chi connectivity index (χ2v) is 7.97. The van der Waals surface area contributed by atoms with Crippen molar-refractivity contribution < 1.29 is 19.0 Å². The topological polar surface area (TPSA) is 81.4 Å². The molecular formula is C26H24N2O4. The average Bonchev–Trinajstić information content (AvgIpc) is 2.77. The third-order valence-corrected chi connectivity index (χ3v) is 5.20. The lowest BCUT2D eigenvalue weighted by atomic mass is 10.0. The van der Waals surface area contributed by atoms with Crippen LogP contribution in [-0.4, -0.2) is 23.5 Å². The highest BCUT2D eigenvalue weighted by Gasteiger charge is 2.22. The minimum absolute atomic E-state index is 0.000104. The third kappa shape index (κ3) is 4.57. The molecule has 0 unspecified atom stereocenters. The number of fused-ring (bicyclic) bond motifs is 1. The van der Waals surface area contributed by atoms with Gasteiger partial charge in [-0.15, -0.1) is 0 Å². The number of hydrogen-bond donors (Lipinski definition) is 0. The van der Waals surface area contributed by atoms with Gasteiger partial charge in [0.05, 0.1) is 29.9 Å². The lowest BCUT2D eigenvalue weighted by Crippen LogP contribution is -2.16. The minimum Gasteiger partial charge on any atom is -0.492 e. The molecule has 1 aliphatic heterocycles. The zero-order chi connectivity index (χ0) is 22.7. The quantitative estimate of drug-likeness (QED) is 0.523. The Hall–Kier alpha value is -3.85. The number of ketones is 1. The van der Waals surface area contributed by atoms with E-state index in [1.54, 1.807) is 30.5 Å². The first-order valence-electron chi connectivity index (χ1n) is 10.6. The molecule has 0 saturated heterocycles. The SMILES string of the molecule is Cc1c(Oc2cc(Cc3ccc(C#N)cc3OC(C)C)ccn2)ccc2c1OCCC2=O. The number of pyridine rings is 1. The van der Waals surface area contributed by atoms with E-state index in [1.807, 2.05) is 39.0 Å². The van der Waals surface area contributed by atoms with Crippen LogP contribution in [0.3, 0.4) is 0 Å². The van der Waals surface area contributed by atoms with Crippen LogP contribution in [0.25, 0.3) is 0 Å². The van der Waals surface area contributed by atoms with Crippen molar-refractivity contribution in [3.8, 4) is 29.2 Å². The molecule has 6 nitrogen and oxygen atoms in total. The molecule has 4 rings (SSSR count). The Bertz CT molecular complexity index is 1210. The summed E-state index contributed by atoms with van der Waals surface area (Å²) in [5.74, 6) is 2.43. The summed E-state index contributed by atoms with van der Waals surface area (Å²) in [5.41, 5.74) is 3.91. The monoisotopic (exact) mass is 428 g/mol. The first-order chi connectivity index (χ1) is 15.4. The molecule has 6 heteroatoms. The van der Waals surface area contributed by atoms with Crippen LogP contribution in [0.2, 0.25) is 0 Å². The van der Waals surface area contributed by atoms with Gasteiger partial charge in [0.15, 0.2) is 5.78 Å². The number of hydrogen-bond acceptors (Lipinski definition) is 6. The van der Waals surface area contributed by atoms with Crippen molar-refractivity contribution in [3.05, 3.63) is 76.5 Å².